The highest BCUT2D eigenvalue weighted by molar-refractivity contribution is 7.80. The maximum Gasteiger partial charge on any atom is 0.173 e. The number of β-amino-alcohol motifs (C(OH)–C–C–N with tert-alkyl or cyclic N) is 1. The number of piperazine rings is 1. The minimum Gasteiger partial charge on any atom is -0.395 e. The molecule has 2 N–H and O–H groups in total. The lowest BCUT2D eigenvalue weighted by Crippen LogP contribution is -2.50. The average molecular weight is 307 g/mol. The Kier molecular flexibility index (Phi) is 5.96. The van der Waals surface area contributed by atoms with Gasteiger partial charge in [-0.2, -0.15) is 0 Å². The number of anilines is 1. The summed E-state index contributed by atoms with van der Waals surface area (Å²) in [4.78, 5) is 4.47. The van der Waals surface area contributed by atoms with Crippen LogP contribution in [-0.4, -0.2) is 59.3 Å². The van der Waals surface area contributed by atoms with Crippen molar-refractivity contribution in [2.45, 2.75) is 19.8 Å². The Labute approximate surface area is 132 Å². The van der Waals surface area contributed by atoms with Crippen molar-refractivity contribution < 1.29 is 5.11 Å². The molecule has 0 amide bonds. The fourth-order valence-corrected chi connectivity index (χ4v) is 2.92. The molecule has 0 saturated carbocycles. The predicted molar refractivity (Wildman–Crippen MR) is 91.9 cm³/mol. The van der Waals surface area contributed by atoms with Crippen molar-refractivity contribution >= 4 is 23.0 Å². The summed E-state index contributed by atoms with van der Waals surface area (Å²) < 4.78 is 0. The predicted octanol–water partition coefficient (Wildman–Crippen LogP) is 2.12. The van der Waals surface area contributed by atoms with Crippen LogP contribution < -0.4 is 5.32 Å². The minimum absolute atomic E-state index is 0.227. The standard InChI is InChI=1S/C16H25N3OS/c1-13(2)14-5-3-4-6-15(14)17-16(21)19-9-7-18(8-10-19)11-12-20/h3-6,13,20H,7-12H2,1-2H3,(H,17,21). The summed E-state index contributed by atoms with van der Waals surface area (Å²) in [5.41, 5.74) is 2.40. The fourth-order valence-electron chi connectivity index (χ4n) is 2.62. The van der Waals surface area contributed by atoms with Crippen LogP contribution in [0.5, 0.6) is 0 Å². The van der Waals surface area contributed by atoms with Gasteiger partial charge in [0.1, 0.15) is 0 Å². The molecule has 1 aliphatic rings. The first-order valence-corrected chi connectivity index (χ1v) is 8.00. The molecule has 1 aromatic carbocycles. The van der Waals surface area contributed by atoms with Gasteiger partial charge in [0, 0.05) is 38.4 Å². The van der Waals surface area contributed by atoms with Crippen LogP contribution in [0.4, 0.5) is 5.69 Å². The Morgan fingerprint density at radius 3 is 2.52 bits per heavy atom. The van der Waals surface area contributed by atoms with Crippen LogP contribution >= 0.6 is 12.2 Å². The second kappa shape index (κ2) is 7.73. The zero-order chi connectivity index (χ0) is 15.2. The average Bonchev–Trinajstić information content (AvgIpc) is 2.48. The van der Waals surface area contributed by atoms with E-state index >= 15 is 0 Å². The third-order valence-corrected chi connectivity index (χ3v) is 4.26. The van der Waals surface area contributed by atoms with Crippen molar-refractivity contribution in [1.29, 1.82) is 0 Å². The van der Waals surface area contributed by atoms with E-state index in [0.717, 1.165) is 43.5 Å². The van der Waals surface area contributed by atoms with Gasteiger partial charge in [0.2, 0.25) is 0 Å². The zero-order valence-corrected chi connectivity index (χ0v) is 13.7. The molecule has 0 spiro atoms. The molecular formula is C16H25N3OS. The van der Waals surface area contributed by atoms with Crippen LogP contribution in [0.3, 0.4) is 0 Å². The normalized spacial score (nSPS) is 16.3. The van der Waals surface area contributed by atoms with Crippen molar-refractivity contribution in [2.24, 2.45) is 0 Å². The molecule has 0 radical (unpaired) electrons. The largest absolute Gasteiger partial charge is 0.395 e. The number of para-hydroxylation sites is 1. The van der Waals surface area contributed by atoms with Crippen LogP contribution in [0.1, 0.15) is 25.3 Å². The first kappa shape index (κ1) is 16.2. The van der Waals surface area contributed by atoms with Crippen LogP contribution in [0.25, 0.3) is 0 Å². The van der Waals surface area contributed by atoms with E-state index in [2.05, 4.69) is 47.2 Å². The van der Waals surface area contributed by atoms with Crippen molar-refractivity contribution in [2.75, 3.05) is 44.6 Å². The van der Waals surface area contributed by atoms with Gasteiger partial charge in [-0.1, -0.05) is 32.0 Å². The molecule has 2 rings (SSSR count). The Morgan fingerprint density at radius 1 is 1.24 bits per heavy atom. The van der Waals surface area contributed by atoms with Gasteiger partial charge in [-0.05, 0) is 29.8 Å². The molecular weight excluding hydrogens is 282 g/mol. The molecule has 1 heterocycles. The molecule has 1 saturated heterocycles. The van der Waals surface area contributed by atoms with Gasteiger partial charge < -0.3 is 15.3 Å². The van der Waals surface area contributed by atoms with Gasteiger partial charge in [0.05, 0.1) is 6.61 Å². The first-order chi connectivity index (χ1) is 10.1. The van der Waals surface area contributed by atoms with Crippen molar-refractivity contribution in [3.8, 4) is 0 Å². The molecule has 1 fully saturated rings. The summed E-state index contributed by atoms with van der Waals surface area (Å²) in [5, 5.41) is 13.2. The maximum atomic E-state index is 8.98. The van der Waals surface area contributed by atoms with E-state index in [1.807, 2.05) is 6.07 Å². The minimum atomic E-state index is 0.227. The number of hydrogen-bond acceptors (Lipinski definition) is 3. The second-order valence-corrected chi connectivity index (χ2v) is 6.11. The smallest absolute Gasteiger partial charge is 0.173 e. The number of thiocarbonyl (C=S) groups is 1. The molecule has 0 atom stereocenters. The Hall–Kier alpha value is -1.17. The number of rotatable bonds is 4. The lowest BCUT2D eigenvalue weighted by molar-refractivity contribution is 0.148. The van der Waals surface area contributed by atoms with E-state index in [9.17, 15) is 0 Å². The van der Waals surface area contributed by atoms with Gasteiger partial charge >= 0.3 is 0 Å². The van der Waals surface area contributed by atoms with E-state index < -0.39 is 0 Å². The highest BCUT2D eigenvalue weighted by Crippen LogP contribution is 2.24. The lowest BCUT2D eigenvalue weighted by atomic mass is 10.0. The van der Waals surface area contributed by atoms with E-state index in [0.29, 0.717) is 5.92 Å². The molecule has 1 aliphatic heterocycles. The van der Waals surface area contributed by atoms with E-state index in [4.69, 9.17) is 17.3 Å². The maximum absolute atomic E-state index is 8.98. The lowest BCUT2D eigenvalue weighted by Gasteiger charge is -2.36. The first-order valence-electron chi connectivity index (χ1n) is 7.60. The molecule has 5 heteroatoms. The summed E-state index contributed by atoms with van der Waals surface area (Å²) in [6.07, 6.45) is 0. The summed E-state index contributed by atoms with van der Waals surface area (Å²) in [7, 11) is 0. The van der Waals surface area contributed by atoms with Gasteiger partial charge in [-0.3, -0.25) is 4.90 Å². The van der Waals surface area contributed by atoms with Crippen molar-refractivity contribution in [1.82, 2.24) is 9.80 Å². The van der Waals surface area contributed by atoms with Gasteiger partial charge in [0.15, 0.2) is 5.11 Å². The van der Waals surface area contributed by atoms with Gasteiger partial charge in [0.25, 0.3) is 0 Å². The quantitative estimate of drug-likeness (QED) is 0.834. The third kappa shape index (κ3) is 4.40. The van der Waals surface area contributed by atoms with Crippen LogP contribution in [0.2, 0.25) is 0 Å². The summed E-state index contributed by atoms with van der Waals surface area (Å²) in [6.45, 7) is 9.09. The van der Waals surface area contributed by atoms with E-state index in [-0.39, 0.29) is 6.61 Å². The van der Waals surface area contributed by atoms with E-state index in [1.54, 1.807) is 0 Å². The number of nitrogens with zero attached hydrogens (tertiary/aromatic N) is 2. The molecule has 116 valence electrons. The van der Waals surface area contributed by atoms with Gasteiger partial charge in [-0.25, -0.2) is 0 Å². The zero-order valence-electron chi connectivity index (χ0n) is 12.9. The molecule has 21 heavy (non-hydrogen) atoms. The highest BCUT2D eigenvalue weighted by Gasteiger charge is 2.19. The van der Waals surface area contributed by atoms with Gasteiger partial charge in [-0.15, -0.1) is 0 Å². The molecule has 0 bridgehead atoms. The molecule has 1 aromatic rings. The van der Waals surface area contributed by atoms with Crippen LogP contribution in [0.15, 0.2) is 24.3 Å². The SMILES string of the molecule is CC(C)c1ccccc1NC(=S)N1CCN(CCO)CC1. The van der Waals surface area contributed by atoms with Crippen molar-refractivity contribution in [3.63, 3.8) is 0 Å². The number of aliphatic hydroxyl groups excluding tert-OH is 1. The summed E-state index contributed by atoms with van der Waals surface area (Å²) in [5.74, 6) is 0.470. The van der Waals surface area contributed by atoms with Crippen molar-refractivity contribution in [3.05, 3.63) is 29.8 Å². The Balaban J connectivity index is 1.94. The monoisotopic (exact) mass is 307 g/mol. The Morgan fingerprint density at radius 2 is 1.90 bits per heavy atom. The Bertz CT molecular complexity index is 470. The number of benzene rings is 1. The second-order valence-electron chi connectivity index (χ2n) is 5.72. The number of aliphatic hydroxyl groups is 1. The number of hydrogen-bond donors (Lipinski definition) is 2. The molecule has 0 aliphatic carbocycles. The number of nitrogens with one attached hydrogen (secondary N) is 1. The highest BCUT2D eigenvalue weighted by atomic mass is 32.1. The summed E-state index contributed by atoms with van der Waals surface area (Å²) >= 11 is 5.55. The third-order valence-electron chi connectivity index (χ3n) is 3.90. The fraction of sp³-hybridized carbons (Fsp3) is 0.562. The summed E-state index contributed by atoms with van der Waals surface area (Å²) in [6, 6.07) is 8.34. The molecule has 0 aromatic heterocycles. The van der Waals surface area contributed by atoms with E-state index in [1.165, 1.54) is 5.56 Å². The van der Waals surface area contributed by atoms with Crippen LogP contribution in [-0.2, 0) is 0 Å². The topological polar surface area (TPSA) is 38.7 Å². The van der Waals surface area contributed by atoms with Crippen LogP contribution in [0, 0.1) is 0 Å². The molecule has 4 nitrogen and oxygen atoms in total. The molecule has 0 unspecified atom stereocenters.